The quantitative estimate of drug-likeness (QED) is 0.321. The summed E-state index contributed by atoms with van der Waals surface area (Å²) in [6.07, 6.45) is 1.34. The van der Waals surface area contributed by atoms with E-state index in [0.717, 1.165) is 0 Å². The second-order valence-corrected chi connectivity index (χ2v) is 5.69. The van der Waals surface area contributed by atoms with Crippen LogP contribution in [-0.4, -0.2) is 29.3 Å². The maximum Gasteiger partial charge on any atom is 0.282 e. The maximum absolute atomic E-state index is 12.0. The van der Waals surface area contributed by atoms with Gasteiger partial charge in [-0.15, -0.1) is 0 Å². The number of nitro groups is 1. The van der Waals surface area contributed by atoms with Crippen molar-refractivity contribution in [2.24, 2.45) is 5.10 Å². The molecule has 0 fully saturated rings. The average molecular weight is 441 g/mol. The van der Waals surface area contributed by atoms with Gasteiger partial charge >= 0.3 is 0 Å². The molecule has 0 aliphatic heterocycles. The third-order valence-electron chi connectivity index (χ3n) is 3.00. The maximum atomic E-state index is 12.0. The average Bonchev–Trinajstić information content (AvgIpc) is 2.57. The van der Waals surface area contributed by atoms with Gasteiger partial charge in [-0.25, -0.2) is 5.43 Å². The van der Waals surface area contributed by atoms with Crippen molar-refractivity contribution < 1.29 is 19.6 Å². The minimum absolute atomic E-state index is 0.0131. The normalized spacial score (nSPS) is 10.6. The number of amides is 1. The fourth-order valence-electron chi connectivity index (χ4n) is 1.87. The topological polar surface area (TPSA) is 114 Å². The van der Waals surface area contributed by atoms with E-state index in [1.807, 2.05) is 22.6 Å². The highest BCUT2D eigenvalue weighted by atomic mass is 127. The van der Waals surface area contributed by atoms with Crippen LogP contribution in [0.4, 0.5) is 5.69 Å². The molecular formula is C15H12IN3O5. The summed E-state index contributed by atoms with van der Waals surface area (Å²) in [5, 5.41) is 24.4. The zero-order valence-corrected chi connectivity index (χ0v) is 14.6. The van der Waals surface area contributed by atoms with Crippen LogP contribution < -0.4 is 10.2 Å². The van der Waals surface area contributed by atoms with Gasteiger partial charge in [-0.05, 0) is 46.4 Å². The zero-order chi connectivity index (χ0) is 17.7. The van der Waals surface area contributed by atoms with Gasteiger partial charge in [0.15, 0.2) is 11.5 Å². The van der Waals surface area contributed by atoms with Gasteiger partial charge in [0.1, 0.15) is 5.56 Å². The second kappa shape index (κ2) is 7.73. The van der Waals surface area contributed by atoms with Crippen molar-refractivity contribution in [3.05, 3.63) is 61.2 Å². The van der Waals surface area contributed by atoms with Crippen LogP contribution in [0.25, 0.3) is 0 Å². The standard InChI is InChI=1S/C15H12IN3O5/c1-24-13-7-9(6-11(16)14(13)20)8-17-18-15(21)10-4-2-3-5-12(10)19(22)23/h2-8,20H,1H3,(H,18,21)/b17-8-. The highest BCUT2D eigenvalue weighted by molar-refractivity contribution is 14.1. The molecule has 0 aliphatic carbocycles. The summed E-state index contributed by atoms with van der Waals surface area (Å²) in [4.78, 5) is 22.3. The first-order chi connectivity index (χ1) is 11.4. The molecule has 2 aromatic carbocycles. The minimum atomic E-state index is -0.695. The summed E-state index contributed by atoms with van der Waals surface area (Å²) in [7, 11) is 1.42. The molecule has 9 heteroatoms. The van der Waals surface area contributed by atoms with E-state index in [-0.39, 0.29) is 22.7 Å². The van der Waals surface area contributed by atoms with Gasteiger partial charge in [-0.2, -0.15) is 5.10 Å². The SMILES string of the molecule is COc1cc(/C=N\NC(=O)c2ccccc2[N+](=O)[O-])cc(I)c1O. The molecule has 0 spiro atoms. The Balaban J connectivity index is 2.17. The van der Waals surface area contributed by atoms with E-state index >= 15 is 0 Å². The molecule has 0 heterocycles. The van der Waals surface area contributed by atoms with Gasteiger partial charge in [0.25, 0.3) is 11.6 Å². The Bertz CT molecular complexity index is 823. The van der Waals surface area contributed by atoms with E-state index in [4.69, 9.17) is 4.74 Å². The number of phenols is 1. The molecule has 2 N–H and O–H groups in total. The van der Waals surface area contributed by atoms with Crippen molar-refractivity contribution in [1.29, 1.82) is 0 Å². The Labute approximate surface area is 150 Å². The Kier molecular flexibility index (Phi) is 5.68. The summed E-state index contributed by atoms with van der Waals surface area (Å²) in [6, 6.07) is 8.76. The van der Waals surface area contributed by atoms with Crippen LogP contribution >= 0.6 is 22.6 Å². The number of ether oxygens (including phenoxy) is 1. The summed E-state index contributed by atoms with van der Waals surface area (Å²) in [5.74, 6) is -0.411. The van der Waals surface area contributed by atoms with Crippen molar-refractivity contribution in [3.8, 4) is 11.5 Å². The number of methoxy groups -OCH3 is 1. The molecular weight excluding hydrogens is 429 g/mol. The number of halogens is 1. The second-order valence-electron chi connectivity index (χ2n) is 4.53. The van der Waals surface area contributed by atoms with E-state index in [1.165, 1.54) is 43.7 Å². The van der Waals surface area contributed by atoms with Crippen LogP contribution in [0, 0.1) is 13.7 Å². The lowest BCUT2D eigenvalue weighted by atomic mass is 10.2. The van der Waals surface area contributed by atoms with E-state index in [2.05, 4.69) is 10.5 Å². The Hall–Kier alpha value is -2.69. The summed E-state index contributed by atoms with van der Waals surface area (Å²) in [5.41, 5.74) is 2.43. The van der Waals surface area contributed by atoms with Crippen molar-refractivity contribution in [2.75, 3.05) is 7.11 Å². The largest absolute Gasteiger partial charge is 0.504 e. The molecule has 1 amide bonds. The van der Waals surface area contributed by atoms with E-state index in [9.17, 15) is 20.0 Å². The van der Waals surface area contributed by atoms with Crippen molar-refractivity contribution in [1.82, 2.24) is 5.43 Å². The number of nitrogens with zero attached hydrogens (tertiary/aromatic N) is 2. The number of carbonyl (C=O) groups excluding carboxylic acids is 1. The Morgan fingerprint density at radius 2 is 2.12 bits per heavy atom. The number of benzene rings is 2. The predicted molar refractivity (Wildman–Crippen MR) is 95.5 cm³/mol. The lowest BCUT2D eigenvalue weighted by molar-refractivity contribution is -0.385. The van der Waals surface area contributed by atoms with E-state index in [0.29, 0.717) is 9.13 Å². The van der Waals surface area contributed by atoms with Gasteiger partial charge in [-0.1, -0.05) is 12.1 Å². The number of rotatable bonds is 5. The number of para-hydroxylation sites is 1. The van der Waals surface area contributed by atoms with Crippen molar-refractivity contribution in [3.63, 3.8) is 0 Å². The van der Waals surface area contributed by atoms with Crippen LogP contribution in [0.2, 0.25) is 0 Å². The number of hydrazone groups is 1. The number of aromatic hydroxyl groups is 1. The summed E-state index contributed by atoms with van der Waals surface area (Å²) >= 11 is 1.93. The van der Waals surface area contributed by atoms with Crippen LogP contribution in [0.1, 0.15) is 15.9 Å². The molecule has 8 nitrogen and oxygen atoms in total. The number of hydrogen-bond acceptors (Lipinski definition) is 6. The molecule has 0 bridgehead atoms. The number of phenolic OH excluding ortho intramolecular Hbond substituents is 1. The predicted octanol–water partition coefficient (Wildman–Crippen LogP) is 2.68. The van der Waals surface area contributed by atoms with Gasteiger partial charge < -0.3 is 9.84 Å². The molecule has 124 valence electrons. The minimum Gasteiger partial charge on any atom is -0.504 e. The number of hydrogen-bond donors (Lipinski definition) is 2. The first-order valence-corrected chi connectivity index (χ1v) is 7.65. The number of nitrogens with one attached hydrogen (secondary N) is 1. The number of carbonyl (C=O) groups is 1. The lowest BCUT2D eigenvalue weighted by Crippen LogP contribution is -2.18. The van der Waals surface area contributed by atoms with Gasteiger partial charge in [0.2, 0.25) is 0 Å². The van der Waals surface area contributed by atoms with Gasteiger partial charge in [0, 0.05) is 6.07 Å². The first-order valence-electron chi connectivity index (χ1n) is 6.57. The van der Waals surface area contributed by atoms with Crippen LogP contribution in [0.15, 0.2) is 41.5 Å². The third-order valence-corrected chi connectivity index (χ3v) is 3.82. The molecule has 0 radical (unpaired) electrons. The van der Waals surface area contributed by atoms with Crippen LogP contribution in [0.5, 0.6) is 11.5 Å². The highest BCUT2D eigenvalue weighted by Gasteiger charge is 2.18. The van der Waals surface area contributed by atoms with E-state index < -0.39 is 10.8 Å². The molecule has 0 aliphatic rings. The third kappa shape index (κ3) is 3.98. The fourth-order valence-corrected chi connectivity index (χ4v) is 2.50. The molecule has 2 aromatic rings. The van der Waals surface area contributed by atoms with Crippen LogP contribution in [-0.2, 0) is 0 Å². The molecule has 0 saturated heterocycles. The Morgan fingerprint density at radius 3 is 2.79 bits per heavy atom. The summed E-state index contributed by atoms with van der Waals surface area (Å²) < 4.78 is 5.58. The smallest absolute Gasteiger partial charge is 0.282 e. The lowest BCUT2D eigenvalue weighted by Gasteiger charge is -2.06. The molecule has 0 unspecified atom stereocenters. The molecule has 0 atom stereocenters. The van der Waals surface area contributed by atoms with Gasteiger partial charge in [0.05, 0.1) is 21.8 Å². The summed E-state index contributed by atoms with van der Waals surface area (Å²) in [6.45, 7) is 0. The zero-order valence-electron chi connectivity index (χ0n) is 12.4. The monoisotopic (exact) mass is 441 g/mol. The van der Waals surface area contributed by atoms with Crippen molar-refractivity contribution in [2.45, 2.75) is 0 Å². The first kappa shape index (κ1) is 17.7. The van der Waals surface area contributed by atoms with Crippen LogP contribution in [0.3, 0.4) is 0 Å². The molecule has 2 rings (SSSR count). The van der Waals surface area contributed by atoms with Gasteiger partial charge in [-0.3, -0.25) is 14.9 Å². The highest BCUT2D eigenvalue weighted by Crippen LogP contribution is 2.31. The number of nitro benzene ring substituents is 1. The molecule has 0 saturated carbocycles. The van der Waals surface area contributed by atoms with Crippen molar-refractivity contribution >= 4 is 40.4 Å². The fraction of sp³-hybridized carbons (Fsp3) is 0.0667. The van der Waals surface area contributed by atoms with E-state index in [1.54, 1.807) is 6.07 Å². The Morgan fingerprint density at radius 1 is 1.42 bits per heavy atom. The molecule has 0 aromatic heterocycles. The molecule has 24 heavy (non-hydrogen) atoms.